The van der Waals surface area contributed by atoms with Crippen molar-refractivity contribution in [1.82, 2.24) is 0 Å². The van der Waals surface area contributed by atoms with Crippen molar-refractivity contribution in [1.29, 1.82) is 0 Å². The maximum absolute atomic E-state index is 4.63. The van der Waals surface area contributed by atoms with Gasteiger partial charge in [0.25, 0.3) is 0 Å². The molecule has 6 heavy (non-hydrogen) atoms. The Morgan fingerprint density at radius 3 is 2.17 bits per heavy atom. The van der Waals surface area contributed by atoms with Gasteiger partial charge in [0.05, 0.1) is 6.72 Å². The summed E-state index contributed by atoms with van der Waals surface area (Å²) in [5.74, 6) is 0. The first-order valence-corrected chi connectivity index (χ1v) is 1.83. The van der Waals surface area contributed by atoms with E-state index in [1.54, 1.807) is 0 Å². The predicted molar refractivity (Wildman–Crippen MR) is 24.7 cm³/mol. The quantitative estimate of drug-likeness (QED) is 0.361. The molecule has 1 radical (unpaired) electrons. The lowest BCUT2D eigenvalue weighted by molar-refractivity contribution is 0.0883. The zero-order valence-electron chi connectivity index (χ0n) is 4.01. The Bertz CT molecular complexity index is 42.8. The fourth-order valence-electron chi connectivity index (χ4n) is 0.122. The molecule has 0 unspecified atom stereocenters. The zero-order chi connectivity index (χ0) is 4.99. The zero-order valence-corrected chi connectivity index (χ0v) is 4.01. The maximum atomic E-state index is 4.63. The fourth-order valence-corrected chi connectivity index (χ4v) is 0.122. The lowest BCUT2D eigenvalue weighted by Gasteiger charge is -1.96. The van der Waals surface area contributed by atoms with E-state index in [0.29, 0.717) is 0 Å². The molecule has 0 fully saturated rings. The Morgan fingerprint density at radius 2 is 2.17 bits per heavy atom. The molecule has 0 aliphatic carbocycles. The van der Waals surface area contributed by atoms with Crippen molar-refractivity contribution in [2.75, 3.05) is 0 Å². The molecule has 0 aliphatic rings. The SMILES string of the molecule is [CH]=NOC(C)C. The molecule has 0 aliphatic heterocycles. The van der Waals surface area contributed by atoms with Gasteiger partial charge in [-0.15, -0.1) is 0 Å². The van der Waals surface area contributed by atoms with E-state index >= 15 is 0 Å². The molecule has 0 bridgehead atoms. The molecule has 0 spiro atoms. The molecular weight excluding hydrogens is 78.0 g/mol. The molecule has 0 atom stereocenters. The highest BCUT2D eigenvalue weighted by molar-refractivity contribution is 5.21. The van der Waals surface area contributed by atoms with Crippen molar-refractivity contribution in [3.8, 4) is 0 Å². The minimum Gasteiger partial charge on any atom is -0.393 e. The standard InChI is InChI=1S/C4H8NO/c1-4(2)6-5-3/h3-4H,1-2H3. The summed E-state index contributed by atoms with van der Waals surface area (Å²) in [5.41, 5.74) is 0. The van der Waals surface area contributed by atoms with Crippen LogP contribution in [0.4, 0.5) is 0 Å². The van der Waals surface area contributed by atoms with Crippen molar-refractivity contribution in [2.24, 2.45) is 5.16 Å². The average molecular weight is 86.1 g/mol. The van der Waals surface area contributed by atoms with Crippen molar-refractivity contribution < 1.29 is 4.84 Å². The van der Waals surface area contributed by atoms with E-state index in [1.807, 2.05) is 13.8 Å². The number of rotatable bonds is 2. The molecule has 0 N–H and O–H groups in total. The van der Waals surface area contributed by atoms with E-state index in [9.17, 15) is 0 Å². The lowest BCUT2D eigenvalue weighted by Crippen LogP contribution is -1.93. The monoisotopic (exact) mass is 86.1 g/mol. The first-order valence-electron chi connectivity index (χ1n) is 1.83. The molecule has 0 aromatic carbocycles. The molecule has 2 nitrogen and oxygen atoms in total. The Morgan fingerprint density at radius 1 is 1.67 bits per heavy atom. The number of nitrogens with zero attached hydrogens (tertiary/aromatic N) is 1. The van der Waals surface area contributed by atoms with Gasteiger partial charge >= 0.3 is 0 Å². The Hall–Kier alpha value is -0.530. The van der Waals surface area contributed by atoms with Crippen molar-refractivity contribution in [3.63, 3.8) is 0 Å². The van der Waals surface area contributed by atoms with E-state index in [0.717, 1.165) is 0 Å². The molecule has 0 saturated carbocycles. The summed E-state index contributed by atoms with van der Waals surface area (Å²) in [6.45, 7) is 8.35. The van der Waals surface area contributed by atoms with E-state index in [1.165, 1.54) is 0 Å². The normalized spacial score (nSPS) is 8.50. The van der Waals surface area contributed by atoms with Crippen LogP contribution < -0.4 is 0 Å². The van der Waals surface area contributed by atoms with Gasteiger partial charge in [-0.1, -0.05) is 5.16 Å². The van der Waals surface area contributed by atoms with Gasteiger partial charge in [-0.2, -0.15) is 0 Å². The second-order valence-corrected chi connectivity index (χ2v) is 1.26. The van der Waals surface area contributed by atoms with E-state index in [-0.39, 0.29) is 6.10 Å². The van der Waals surface area contributed by atoms with Crippen LogP contribution in [-0.2, 0) is 4.84 Å². The molecule has 35 valence electrons. The maximum Gasteiger partial charge on any atom is 0.122 e. The number of hydrogen-bond acceptors (Lipinski definition) is 2. The van der Waals surface area contributed by atoms with Crippen LogP contribution in [0.2, 0.25) is 0 Å². The summed E-state index contributed by atoms with van der Waals surface area (Å²) < 4.78 is 0. The minimum atomic E-state index is 0.106. The first-order chi connectivity index (χ1) is 2.77. The third-order valence-electron chi connectivity index (χ3n) is 0.272. The number of hydrogen-bond donors (Lipinski definition) is 0. The molecule has 0 heterocycles. The van der Waals surface area contributed by atoms with Crippen molar-refractivity contribution in [3.05, 3.63) is 0 Å². The smallest absolute Gasteiger partial charge is 0.122 e. The Balaban J connectivity index is 2.81. The summed E-state index contributed by atoms with van der Waals surface area (Å²) in [7, 11) is 0. The lowest BCUT2D eigenvalue weighted by atomic mass is 10.5. The molecule has 0 saturated heterocycles. The highest BCUT2D eigenvalue weighted by Gasteiger charge is 1.83. The third-order valence-corrected chi connectivity index (χ3v) is 0.272. The minimum absolute atomic E-state index is 0.106. The van der Waals surface area contributed by atoms with Crippen LogP contribution in [0.15, 0.2) is 5.16 Å². The van der Waals surface area contributed by atoms with Crippen LogP contribution in [0.5, 0.6) is 0 Å². The van der Waals surface area contributed by atoms with Crippen LogP contribution in [0, 0.1) is 0 Å². The summed E-state index contributed by atoms with van der Waals surface area (Å²) in [6.07, 6.45) is 0.106. The summed E-state index contributed by atoms with van der Waals surface area (Å²) in [5, 5.41) is 2.94. The summed E-state index contributed by atoms with van der Waals surface area (Å²) in [4.78, 5) is 4.44. The van der Waals surface area contributed by atoms with E-state index in [4.69, 9.17) is 0 Å². The molecule has 0 rings (SSSR count). The molecule has 2 heteroatoms. The second kappa shape index (κ2) is 2.69. The van der Waals surface area contributed by atoms with Crippen LogP contribution in [0.3, 0.4) is 0 Å². The average Bonchev–Trinajstić information content (AvgIpc) is 1.35. The van der Waals surface area contributed by atoms with Gasteiger partial charge in [0, 0.05) is 0 Å². The van der Waals surface area contributed by atoms with E-state index in [2.05, 4.69) is 16.7 Å². The van der Waals surface area contributed by atoms with Crippen LogP contribution >= 0.6 is 0 Å². The van der Waals surface area contributed by atoms with Gasteiger partial charge in [-0.05, 0) is 13.8 Å². The largest absolute Gasteiger partial charge is 0.393 e. The third kappa shape index (κ3) is 3.47. The van der Waals surface area contributed by atoms with Gasteiger partial charge < -0.3 is 4.84 Å². The molecule has 0 amide bonds. The highest BCUT2D eigenvalue weighted by Crippen LogP contribution is 1.83. The molecule has 0 aromatic heterocycles. The van der Waals surface area contributed by atoms with Gasteiger partial charge in [0.2, 0.25) is 0 Å². The van der Waals surface area contributed by atoms with Crippen molar-refractivity contribution in [2.45, 2.75) is 20.0 Å². The van der Waals surface area contributed by atoms with Crippen molar-refractivity contribution >= 4 is 6.72 Å². The van der Waals surface area contributed by atoms with Crippen LogP contribution in [0.25, 0.3) is 0 Å². The summed E-state index contributed by atoms with van der Waals surface area (Å²) in [6, 6.07) is 0. The summed E-state index contributed by atoms with van der Waals surface area (Å²) >= 11 is 0. The van der Waals surface area contributed by atoms with E-state index < -0.39 is 0 Å². The fraction of sp³-hybridized carbons (Fsp3) is 0.750. The predicted octanol–water partition coefficient (Wildman–Crippen LogP) is 0.904. The van der Waals surface area contributed by atoms with Crippen LogP contribution in [0.1, 0.15) is 13.8 Å². The topological polar surface area (TPSA) is 21.6 Å². The second-order valence-electron chi connectivity index (χ2n) is 1.26. The highest BCUT2D eigenvalue weighted by atomic mass is 16.6. The first kappa shape index (κ1) is 5.47. The van der Waals surface area contributed by atoms with Gasteiger partial charge in [0.15, 0.2) is 0 Å². The van der Waals surface area contributed by atoms with Gasteiger partial charge in [0.1, 0.15) is 6.10 Å². The molecular formula is C4H8NO. The Labute approximate surface area is 37.8 Å². The molecule has 0 aromatic rings. The van der Waals surface area contributed by atoms with Gasteiger partial charge in [-0.3, -0.25) is 0 Å². The van der Waals surface area contributed by atoms with Gasteiger partial charge in [-0.25, -0.2) is 0 Å². The Kier molecular flexibility index (Phi) is 2.46. The van der Waals surface area contributed by atoms with Crippen LogP contribution in [-0.4, -0.2) is 12.8 Å².